The fourth-order valence-corrected chi connectivity index (χ4v) is 6.12. The Labute approximate surface area is 206 Å². The topological polar surface area (TPSA) is 84.5 Å². The molecule has 1 aromatic rings. The van der Waals surface area contributed by atoms with Crippen molar-refractivity contribution in [3.63, 3.8) is 0 Å². The van der Waals surface area contributed by atoms with E-state index < -0.39 is 54.5 Å². The summed E-state index contributed by atoms with van der Waals surface area (Å²) < 4.78 is 73.1. The van der Waals surface area contributed by atoms with Gasteiger partial charge in [-0.25, -0.2) is 0 Å². The SMILES string of the molecule is O=C(Nc1ccc(OC(F)(F)F)cc1)[C@@H]1O[C@@H]2OC3(CCCCC3)O[C@@H]2[C@@H]2OC3(CCCCC3)O[C@H]21. The van der Waals surface area contributed by atoms with E-state index in [1.807, 2.05) is 0 Å². The molecular weight excluding hydrogens is 483 g/mol. The Balaban J connectivity index is 1.21. The van der Waals surface area contributed by atoms with E-state index in [2.05, 4.69) is 10.1 Å². The monoisotopic (exact) mass is 513 g/mol. The minimum atomic E-state index is -4.79. The van der Waals surface area contributed by atoms with E-state index >= 15 is 0 Å². The fraction of sp³-hybridized carbons (Fsp3) is 0.720. The standard InChI is InChI=1S/C25H30F3NO7/c26-25(27,28)32-16-9-7-15(8-10-16)29-21(30)19-17-18(34-23(33-17)11-3-1-4-12-23)20-22(31-19)36-24(35-20)13-5-2-6-14-24/h7-10,17-20,22H,1-6,11-14H2,(H,29,30)/t17-,18-,19-,20-,22-/m1/s1. The normalized spacial score (nSPS) is 34.8. The molecule has 2 aliphatic carbocycles. The van der Waals surface area contributed by atoms with Gasteiger partial charge in [0, 0.05) is 31.4 Å². The smallest absolute Gasteiger partial charge is 0.406 e. The van der Waals surface area contributed by atoms with E-state index in [0.717, 1.165) is 76.3 Å². The molecule has 2 saturated carbocycles. The van der Waals surface area contributed by atoms with Gasteiger partial charge in [-0.1, -0.05) is 12.8 Å². The second-order valence-electron chi connectivity index (χ2n) is 10.3. The highest BCUT2D eigenvalue weighted by Gasteiger charge is 2.65. The Bertz CT molecular complexity index is 959. The molecule has 3 saturated heterocycles. The van der Waals surface area contributed by atoms with Crippen molar-refractivity contribution in [2.45, 2.75) is 113 Å². The van der Waals surface area contributed by atoms with Crippen LogP contribution >= 0.6 is 0 Å². The predicted molar refractivity (Wildman–Crippen MR) is 118 cm³/mol. The number of fused-ring (bicyclic) bond motifs is 3. The first-order chi connectivity index (χ1) is 17.2. The zero-order valence-electron chi connectivity index (χ0n) is 19.8. The number of halogens is 3. The quantitative estimate of drug-likeness (QED) is 0.624. The van der Waals surface area contributed by atoms with Gasteiger partial charge in [-0.05, 0) is 49.9 Å². The third-order valence-corrected chi connectivity index (χ3v) is 7.72. The Morgan fingerprint density at radius 3 is 1.97 bits per heavy atom. The van der Waals surface area contributed by atoms with Crippen LogP contribution in [0, 0.1) is 0 Å². The van der Waals surface area contributed by atoms with Gasteiger partial charge in [-0.3, -0.25) is 4.79 Å². The molecule has 6 rings (SSSR count). The van der Waals surface area contributed by atoms with Crippen molar-refractivity contribution < 1.29 is 46.4 Å². The maximum Gasteiger partial charge on any atom is 0.573 e. The second-order valence-corrected chi connectivity index (χ2v) is 10.3. The molecule has 8 nitrogen and oxygen atoms in total. The summed E-state index contributed by atoms with van der Waals surface area (Å²) in [5.41, 5.74) is 0.301. The number of alkyl halides is 3. The number of benzene rings is 1. The number of hydrogen-bond donors (Lipinski definition) is 1. The van der Waals surface area contributed by atoms with E-state index in [1.54, 1.807) is 0 Å². The van der Waals surface area contributed by atoms with Crippen LogP contribution in [0.4, 0.5) is 18.9 Å². The van der Waals surface area contributed by atoms with Crippen molar-refractivity contribution in [1.29, 1.82) is 0 Å². The fourth-order valence-electron chi connectivity index (χ4n) is 6.12. The highest BCUT2D eigenvalue weighted by atomic mass is 19.4. The second kappa shape index (κ2) is 9.13. The van der Waals surface area contributed by atoms with E-state index in [9.17, 15) is 18.0 Å². The lowest BCUT2D eigenvalue weighted by Gasteiger charge is -2.36. The lowest BCUT2D eigenvalue weighted by molar-refractivity contribution is -0.274. The Morgan fingerprint density at radius 2 is 1.36 bits per heavy atom. The number of amides is 1. The highest BCUT2D eigenvalue weighted by Crippen LogP contribution is 2.51. The summed E-state index contributed by atoms with van der Waals surface area (Å²) in [5.74, 6) is -2.37. The molecule has 0 bridgehead atoms. The van der Waals surface area contributed by atoms with Gasteiger partial charge in [0.2, 0.25) is 0 Å². The predicted octanol–water partition coefficient (Wildman–Crippen LogP) is 4.77. The third kappa shape index (κ3) is 4.71. The van der Waals surface area contributed by atoms with Crippen LogP contribution in [-0.4, -0.2) is 54.5 Å². The summed E-state index contributed by atoms with van der Waals surface area (Å²) in [6, 6.07) is 4.94. The van der Waals surface area contributed by atoms with Crippen LogP contribution in [0.1, 0.15) is 64.2 Å². The molecule has 2 spiro atoms. The zero-order chi connectivity index (χ0) is 25.0. The average Bonchev–Trinajstić information content (AvgIpc) is 3.37. The first-order valence-corrected chi connectivity index (χ1v) is 12.8. The van der Waals surface area contributed by atoms with Crippen LogP contribution in [0.3, 0.4) is 0 Å². The molecule has 1 aromatic carbocycles. The molecule has 11 heteroatoms. The van der Waals surface area contributed by atoms with Crippen molar-refractivity contribution >= 4 is 11.6 Å². The zero-order valence-corrected chi connectivity index (χ0v) is 19.8. The lowest BCUT2D eigenvalue weighted by Crippen LogP contribution is -2.58. The molecule has 198 valence electrons. The van der Waals surface area contributed by atoms with E-state index in [-0.39, 0.29) is 5.75 Å². The molecule has 0 unspecified atom stereocenters. The average molecular weight is 514 g/mol. The number of anilines is 1. The summed E-state index contributed by atoms with van der Waals surface area (Å²) in [7, 11) is 0. The van der Waals surface area contributed by atoms with Gasteiger partial charge >= 0.3 is 6.36 Å². The number of nitrogens with one attached hydrogen (secondary N) is 1. The molecular formula is C25H30F3NO7. The van der Waals surface area contributed by atoms with Crippen LogP contribution in [0.5, 0.6) is 5.75 Å². The molecule has 5 fully saturated rings. The third-order valence-electron chi connectivity index (χ3n) is 7.72. The molecule has 1 N–H and O–H groups in total. The molecule has 36 heavy (non-hydrogen) atoms. The molecule has 0 aromatic heterocycles. The van der Waals surface area contributed by atoms with Crippen molar-refractivity contribution in [2.24, 2.45) is 0 Å². The van der Waals surface area contributed by atoms with Crippen LogP contribution in [-0.2, 0) is 28.5 Å². The minimum Gasteiger partial charge on any atom is -0.406 e. The van der Waals surface area contributed by atoms with E-state index in [0.29, 0.717) is 5.69 Å². The van der Waals surface area contributed by atoms with Gasteiger partial charge in [0.15, 0.2) is 24.0 Å². The number of hydrogen-bond acceptors (Lipinski definition) is 7. The van der Waals surface area contributed by atoms with Crippen molar-refractivity contribution in [2.75, 3.05) is 5.32 Å². The van der Waals surface area contributed by atoms with Crippen LogP contribution in [0.15, 0.2) is 24.3 Å². The van der Waals surface area contributed by atoms with E-state index in [4.69, 9.17) is 23.7 Å². The molecule has 1 amide bonds. The lowest BCUT2D eigenvalue weighted by atomic mass is 9.94. The highest BCUT2D eigenvalue weighted by molar-refractivity contribution is 5.94. The van der Waals surface area contributed by atoms with Crippen molar-refractivity contribution in [1.82, 2.24) is 0 Å². The van der Waals surface area contributed by atoms with Gasteiger partial charge in [0.25, 0.3) is 5.91 Å². The van der Waals surface area contributed by atoms with Crippen LogP contribution in [0.2, 0.25) is 0 Å². The maximum atomic E-state index is 13.4. The van der Waals surface area contributed by atoms with Gasteiger partial charge in [-0.15, -0.1) is 13.2 Å². The summed E-state index contributed by atoms with van der Waals surface area (Å²) >= 11 is 0. The number of carbonyl (C=O) groups is 1. The molecule has 3 heterocycles. The van der Waals surface area contributed by atoms with Crippen LogP contribution in [0.25, 0.3) is 0 Å². The molecule has 5 aliphatic rings. The summed E-state index contributed by atoms with van der Waals surface area (Å²) in [6.45, 7) is 0. The van der Waals surface area contributed by atoms with Crippen LogP contribution < -0.4 is 10.1 Å². The Morgan fingerprint density at radius 1 is 0.806 bits per heavy atom. The number of carbonyl (C=O) groups excluding carboxylic acids is 1. The first-order valence-electron chi connectivity index (χ1n) is 12.8. The van der Waals surface area contributed by atoms with Crippen molar-refractivity contribution in [3.05, 3.63) is 24.3 Å². The number of ether oxygens (including phenoxy) is 6. The summed E-state index contributed by atoms with van der Waals surface area (Å²) in [5, 5.41) is 2.72. The van der Waals surface area contributed by atoms with Gasteiger partial charge in [-0.2, -0.15) is 0 Å². The molecule has 5 atom stereocenters. The van der Waals surface area contributed by atoms with Gasteiger partial charge in [0.05, 0.1) is 0 Å². The Kier molecular flexibility index (Phi) is 6.19. The van der Waals surface area contributed by atoms with Gasteiger partial charge in [0.1, 0.15) is 24.1 Å². The molecule has 0 radical (unpaired) electrons. The first kappa shape index (κ1) is 24.4. The van der Waals surface area contributed by atoms with E-state index in [1.165, 1.54) is 12.1 Å². The summed E-state index contributed by atoms with van der Waals surface area (Å²) in [4.78, 5) is 13.4. The maximum absolute atomic E-state index is 13.4. The largest absolute Gasteiger partial charge is 0.573 e. The molecule has 3 aliphatic heterocycles. The minimum absolute atomic E-state index is 0.301. The Hall–Kier alpha value is -1.92. The van der Waals surface area contributed by atoms with Gasteiger partial charge < -0.3 is 33.7 Å². The number of rotatable bonds is 3. The summed E-state index contributed by atoms with van der Waals surface area (Å²) in [6.07, 6.45) is 0.819. The van der Waals surface area contributed by atoms with Crippen molar-refractivity contribution in [3.8, 4) is 5.75 Å².